The molecule has 1 aromatic heterocycles. The zero-order valence-electron chi connectivity index (χ0n) is 13.9. The number of aromatic nitrogens is 4. The molecule has 0 spiro atoms. The van der Waals surface area contributed by atoms with Crippen LogP contribution in [0, 0.1) is 0 Å². The minimum atomic E-state index is -0.569. The Labute approximate surface area is 149 Å². The van der Waals surface area contributed by atoms with E-state index >= 15 is 0 Å². The number of anilines is 1. The van der Waals surface area contributed by atoms with E-state index in [9.17, 15) is 4.79 Å². The maximum absolute atomic E-state index is 12.9. The van der Waals surface area contributed by atoms with Crippen LogP contribution in [0.4, 0.5) is 5.69 Å². The average Bonchev–Trinajstić information content (AvgIpc) is 3.21. The van der Waals surface area contributed by atoms with Gasteiger partial charge in [0, 0.05) is 18.2 Å². The molecule has 2 heterocycles. The Hall–Kier alpha value is -3.42. The predicted octanol–water partition coefficient (Wildman–Crippen LogP) is 1.87. The van der Waals surface area contributed by atoms with Crippen molar-refractivity contribution < 1.29 is 14.3 Å². The zero-order chi connectivity index (χ0) is 17.8. The van der Waals surface area contributed by atoms with Crippen LogP contribution in [0.15, 0.2) is 54.9 Å². The molecule has 0 saturated heterocycles. The Morgan fingerprint density at radius 1 is 1.12 bits per heavy atom. The van der Waals surface area contributed by atoms with E-state index in [1.165, 1.54) is 11.0 Å². The van der Waals surface area contributed by atoms with E-state index in [-0.39, 0.29) is 5.91 Å². The minimum absolute atomic E-state index is 0.210. The molecule has 1 unspecified atom stereocenters. The Kier molecular flexibility index (Phi) is 4.46. The fraction of sp³-hybridized carbons (Fsp3) is 0.222. The summed E-state index contributed by atoms with van der Waals surface area (Å²) in [6, 6.07) is 14.5. The number of fused-ring (bicyclic) bond motifs is 1. The van der Waals surface area contributed by atoms with Gasteiger partial charge in [-0.3, -0.25) is 4.79 Å². The van der Waals surface area contributed by atoms with Crippen LogP contribution in [-0.4, -0.2) is 39.3 Å². The number of nitrogens with zero attached hydrogens (tertiary/aromatic N) is 4. The number of nitrogens with one attached hydrogen (secondary N) is 1. The summed E-state index contributed by atoms with van der Waals surface area (Å²) in [5.41, 5.74) is 1.65. The first-order chi connectivity index (χ1) is 12.8. The summed E-state index contributed by atoms with van der Waals surface area (Å²) < 4.78 is 12.5. The summed E-state index contributed by atoms with van der Waals surface area (Å²) in [4.78, 5) is 12.9. The maximum atomic E-state index is 12.9. The molecule has 2 aromatic carbocycles. The summed E-state index contributed by atoms with van der Waals surface area (Å²) >= 11 is 0. The zero-order valence-corrected chi connectivity index (χ0v) is 13.9. The Bertz CT molecular complexity index is 883. The van der Waals surface area contributed by atoms with Gasteiger partial charge in [0.2, 0.25) is 5.91 Å². The number of hydrogen-bond acceptors (Lipinski definition) is 6. The molecule has 1 N–H and O–H groups in total. The molecule has 132 valence electrons. The third-order valence-electron chi connectivity index (χ3n) is 4.07. The van der Waals surface area contributed by atoms with Gasteiger partial charge in [0.15, 0.2) is 11.5 Å². The third-order valence-corrected chi connectivity index (χ3v) is 4.07. The molecule has 0 aliphatic carbocycles. The van der Waals surface area contributed by atoms with Crippen molar-refractivity contribution in [3.05, 3.63) is 60.4 Å². The van der Waals surface area contributed by atoms with Crippen molar-refractivity contribution in [2.45, 2.75) is 12.5 Å². The van der Waals surface area contributed by atoms with Gasteiger partial charge in [0.05, 0.1) is 0 Å². The number of tetrazole rings is 1. The molecule has 0 saturated carbocycles. The van der Waals surface area contributed by atoms with Gasteiger partial charge in [-0.1, -0.05) is 30.3 Å². The third kappa shape index (κ3) is 3.49. The van der Waals surface area contributed by atoms with Gasteiger partial charge >= 0.3 is 0 Å². The lowest BCUT2D eigenvalue weighted by atomic mass is 10.1. The molecule has 8 nitrogen and oxygen atoms in total. The van der Waals surface area contributed by atoms with Crippen molar-refractivity contribution in [3.63, 3.8) is 0 Å². The van der Waals surface area contributed by atoms with E-state index < -0.39 is 6.04 Å². The van der Waals surface area contributed by atoms with Gasteiger partial charge < -0.3 is 14.8 Å². The van der Waals surface area contributed by atoms with Crippen molar-refractivity contribution in [2.75, 3.05) is 18.5 Å². The summed E-state index contributed by atoms with van der Waals surface area (Å²) in [6.07, 6.45) is 1.92. The number of ether oxygens (including phenoxy) is 2. The molecule has 1 atom stereocenters. The quantitative estimate of drug-likeness (QED) is 0.754. The first-order valence-electron chi connectivity index (χ1n) is 8.26. The molecule has 0 bridgehead atoms. The van der Waals surface area contributed by atoms with E-state index in [0.717, 1.165) is 5.56 Å². The molecular formula is C18H17N5O3. The lowest BCUT2D eigenvalue weighted by Crippen LogP contribution is -2.28. The van der Waals surface area contributed by atoms with Crippen molar-refractivity contribution in [2.24, 2.45) is 0 Å². The topological polar surface area (TPSA) is 91.2 Å². The van der Waals surface area contributed by atoms with Crippen molar-refractivity contribution >= 4 is 11.6 Å². The molecule has 0 radical (unpaired) electrons. The smallest absolute Gasteiger partial charge is 0.249 e. The fourth-order valence-corrected chi connectivity index (χ4v) is 2.80. The number of carbonyl (C=O) groups excluding carboxylic acids is 1. The molecule has 26 heavy (non-hydrogen) atoms. The Morgan fingerprint density at radius 3 is 2.69 bits per heavy atom. The highest BCUT2D eigenvalue weighted by atomic mass is 16.6. The second kappa shape index (κ2) is 7.22. The van der Waals surface area contributed by atoms with E-state index in [4.69, 9.17) is 9.47 Å². The number of hydrogen-bond donors (Lipinski definition) is 1. The van der Waals surface area contributed by atoms with Crippen LogP contribution in [0.1, 0.15) is 11.6 Å². The fourth-order valence-electron chi connectivity index (χ4n) is 2.80. The number of carbonyl (C=O) groups is 1. The van der Waals surface area contributed by atoms with Gasteiger partial charge in [-0.25, -0.2) is 4.68 Å². The molecule has 3 aromatic rings. The lowest BCUT2D eigenvalue weighted by Gasteiger charge is -2.20. The van der Waals surface area contributed by atoms with Gasteiger partial charge in [-0.2, -0.15) is 0 Å². The van der Waals surface area contributed by atoms with E-state index in [0.29, 0.717) is 36.8 Å². The number of amides is 1. The summed E-state index contributed by atoms with van der Waals surface area (Å²) in [5, 5.41) is 14.1. The largest absolute Gasteiger partial charge is 0.486 e. The highest BCUT2D eigenvalue weighted by Crippen LogP contribution is 2.32. The highest BCUT2D eigenvalue weighted by molar-refractivity contribution is 5.94. The highest BCUT2D eigenvalue weighted by Gasteiger charge is 2.23. The van der Waals surface area contributed by atoms with Crippen LogP contribution < -0.4 is 14.8 Å². The molecule has 8 heteroatoms. The number of benzene rings is 2. The van der Waals surface area contributed by atoms with E-state index in [1.807, 2.05) is 30.3 Å². The average molecular weight is 351 g/mol. The van der Waals surface area contributed by atoms with Gasteiger partial charge in [0.25, 0.3) is 0 Å². The van der Waals surface area contributed by atoms with Crippen LogP contribution in [0.5, 0.6) is 11.5 Å². The second-order valence-corrected chi connectivity index (χ2v) is 5.84. The Morgan fingerprint density at radius 2 is 1.92 bits per heavy atom. The van der Waals surface area contributed by atoms with Crippen LogP contribution in [0.2, 0.25) is 0 Å². The molecule has 1 aliphatic rings. The summed E-state index contributed by atoms with van der Waals surface area (Å²) in [5.74, 6) is 1.09. The molecule has 1 amide bonds. The monoisotopic (exact) mass is 351 g/mol. The van der Waals surface area contributed by atoms with Gasteiger partial charge in [0.1, 0.15) is 25.6 Å². The standard InChI is InChI=1S/C18H17N5O3/c24-18(20-14-6-7-16-17(11-14)26-9-8-25-16)15(23-12-19-21-22-23)10-13-4-2-1-3-5-13/h1-7,11-12,15H,8-10H2,(H,20,24). The molecule has 4 rings (SSSR count). The minimum Gasteiger partial charge on any atom is -0.486 e. The van der Waals surface area contributed by atoms with Gasteiger partial charge in [-0.05, 0) is 28.1 Å². The first-order valence-corrected chi connectivity index (χ1v) is 8.26. The normalized spacial score (nSPS) is 13.8. The molecule has 1 aliphatic heterocycles. The number of rotatable bonds is 5. The van der Waals surface area contributed by atoms with Crippen molar-refractivity contribution in [1.29, 1.82) is 0 Å². The summed E-state index contributed by atoms with van der Waals surface area (Å²) in [7, 11) is 0. The SMILES string of the molecule is O=C(Nc1ccc2c(c1)OCCO2)C(Cc1ccccc1)n1cnnn1. The van der Waals surface area contributed by atoms with Crippen molar-refractivity contribution in [1.82, 2.24) is 20.2 Å². The maximum Gasteiger partial charge on any atom is 0.249 e. The van der Waals surface area contributed by atoms with Crippen LogP contribution in [0.3, 0.4) is 0 Å². The molecular weight excluding hydrogens is 334 g/mol. The van der Waals surface area contributed by atoms with Crippen LogP contribution in [-0.2, 0) is 11.2 Å². The van der Waals surface area contributed by atoms with E-state index in [1.54, 1.807) is 18.2 Å². The van der Waals surface area contributed by atoms with Crippen LogP contribution in [0.25, 0.3) is 0 Å². The summed E-state index contributed by atoms with van der Waals surface area (Å²) in [6.45, 7) is 1.02. The van der Waals surface area contributed by atoms with Gasteiger partial charge in [-0.15, -0.1) is 5.10 Å². The van der Waals surface area contributed by atoms with Crippen molar-refractivity contribution in [3.8, 4) is 11.5 Å². The Balaban J connectivity index is 1.55. The lowest BCUT2D eigenvalue weighted by molar-refractivity contribution is -0.119. The molecule has 0 fully saturated rings. The van der Waals surface area contributed by atoms with Crippen LogP contribution >= 0.6 is 0 Å². The first kappa shape index (κ1) is 16.1. The predicted molar refractivity (Wildman–Crippen MR) is 93.1 cm³/mol. The second-order valence-electron chi connectivity index (χ2n) is 5.84. The van der Waals surface area contributed by atoms with E-state index in [2.05, 4.69) is 20.8 Å².